The average Bonchev–Trinajstić information content (AvgIpc) is 3.20. The van der Waals surface area contributed by atoms with Crippen LogP contribution in [0.15, 0.2) is 59.1 Å². The van der Waals surface area contributed by atoms with Gasteiger partial charge in [-0.2, -0.15) is 0 Å². The summed E-state index contributed by atoms with van der Waals surface area (Å²) >= 11 is 0. The molecule has 1 heterocycles. The fourth-order valence-electron chi connectivity index (χ4n) is 2.63. The van der Waals surface area contributed by atoms with Crippen molar-refractivity contribution in [1.29, 1.82) is 0 Å². The zero-order chi connectivity index (χ0) is 19.9. The SMILES string of the molecule is Cc1ccc(O)c(C(=O)NCCCNC(=O)c2cc(-c3ccccc3)on2)c1. The Morgan fingerprint density at radius 3 is 2.46 bits per heavy atom. The molecule has 3 aromatic rings. The number of carbonyl (C=O) groups excluding carboxylic acids is 2. The first-order valence-corrected chi connectivity index (χ1v) is 8.93. The lowest BCUT2D eigenvalue weighted by Gasteiger charge is -2.08. The van der Waals surface area contributed by atoms with Gasteiger partial charge in [-0.3, -0.25) is 9.59 Å². The second kappa shape index (κ2) is 8.85. The third-order valence-electron chi connectivity index (χ3n) is 4.12. The zero-order valence-electron chi connectivity index (χ0n) is 15.4. The average molecular weight is 379 g/mol. The summed E-state index contributed by atoms with van der Waals surface area (Å²) in [6.07, 6.45) is 0.535. The van der Waals surface area contributed by atoms with Crippen molar-refractivity contribution in [3.8, 4) is 17.1 Å². The Kier molecular flexibility index (Phi) is 6.06. The van der Waals surface area contributed by atoms with Gasteiger partial charge in [0.1, 0.15) is 5.75 Å². The van der Waals surface area contributed by atoms with E-state index < -0.39 is 0 Å². The fraction of sp³-hybridized carbons (Fsp3) is 0.190. The van der Waals surface area contributed by atoms with E-state index in [0.29, 0.717) is 25.3 Å². The van der Waals surface area contributed by atoms with Crippen molar-refractivity contribution in [2.45, 2.75) is 13.3 Å². The van der Waals surface area contributed by atoms with Gasteiger partial charge in [-0.15, -0.1) is 0 Å². The predicted octanol–water partition coefficient (Wildman–Crippen LogP) is 2.91. The van der Waals surface area contributed by atoms with E-state index in [1.807, 2.05) is 37.3 Å². The summed E-state index contributed by atoms with van der Waals surface area (Å²) < 4.78 is 5.21. The van der Waals surface area contributed by atoms with Gasteiger partial charge < -0.3 is 20.3 Å². The molecule has 0 aliphatic carbocycles. The summed E-state index contributed by atoms with van der Waals surface area (Å²) in [6.45, 7) is 2.58. The Morgan fingerprint density at radius 1 is 1.00 bits per heavy atom. The molecule has 0 bridgehead atoms. The van der Waals surface area contributed by atoms with Gasteiger partial charge in [0.15, 0.2) is 11.5 Å². The second-order valence-corrected chi connectivity index (χ2v) is 6.33. The van der Waals surface area contributed by atoms with Crippen LogP contribution in [0.3, 0.4) is 0 Å². The first-order valence-electron chi connectivity index (χ1n) is 8.93. The maximum Gasteiger partial charge on any atom is 0.273 e. The minimum Gasteiger partial charge on any atom is -0.507 e. The van der Waals surface area contributed by atoms with Gasteiger partial charge in [0.05, 0.1) is 5.56 Å². The quantitative estimate of drug-likeness (QED) is 0.548. The molecular weight excluding hydrogens is 358 g/mol. The number of aromatic hydroxyl groups is 1. The molecule has 0 fully saturated rings. The number of amides is 2. The Balaban J connectivity index is 1.43. The molecule has 2 aromatic carbocycles. The molecule has 0 radical (unpaired) electrons. The molecule has 0 aliphatic rings. The predicted molar refractivity (Wildman–Crippen MR) is 104 cm³/mol. The van der Waals surface area contributed by atoms with Crippen LogP contribution in [-0.4, -0.2) is 35.2 Å². The first-order chi connectivity index (χ1) is 13.5. The van der Waals surface area contributed by atoms with Gasteiger partial charge >= 0.3 is 0 Å². The van der Waals surface area contributed by atoms with E-state index in [0.717, 1.165) is 11.1 Å². The molecule has 1 aromatic heterocycles. The Bertz CT molecular complexity index is 967. The number of aromatic nitrogens is 1. The van der Waals surface area contributed by atoms with Crippen molar-refractivity contribution in [2.75, 3.05) is 13.1 Å². The monoisotopic (exact) mass is 379 g/mol. The molecule has 7 nitrogen and oxygen atoms in total. The highest BCUT2D eigenvalue weighted by Gasteiger charge is 2.13. The molecule has 7 heteroatoms. The summed E-state index contributed by atoms with van der Waals surface area (Å²) in [5.41, 5.74) is 2.17. The van der Waals surface area contributed by atoms with E-state index in [9.17, 15) is 14.7 Å². The number of hydrogen-bond donors (Lipinski definition) is 3. The molecule has 2 amide bonds. The van der Waals surface area contributed by atoms with Crippen molar-refractivity contribution >= 4 is 11.8 Å². The van der Waals surface area contributed by atoms with Gasteiger partial charge in [-0.05, 0) is 25.5 Å². The van der Waals surface area contributed by atoms with E-state index in [4.69, 9.17) is 4.52 Å². The normalized spacial score (nSPS) is 10.5. The molecule has 0 saturated carbocycles. The highest BCUT2D eigenvalue weighted by molar-refractivity contribution is 5.97. The summed E-state index contributed by atoms with van der Waals surface area (Å²) in [5.74, 6) is -0.224. The third kappa shape index (κ3) is 4.76. The van der Waals surface area contributed by atoms with Crippen LogP contribution in [0.1, 0.15) is 32.8 Å². The van der Waals surface area contributed by atoms with Crippen LogP contribution in [0.4, 0.5) is 0 Å². The van der Waals surface area contributed by atoms with Gasteiger partial charge in [0.2, 0.25) is 0 Å². The molecule has 28 heavy (non-hydrogen) atoms. The second-order valence-electron chi connectivity index (χ2n) is 6.33. The number of aryl methyl sites for hydroxylation is 1. The summed E-state index contributed by atoms with van der Waals surface area (Å²) in [4.78, 5) is 24.2. The Labute approximate surface area is 162 Å². The van der Waals surface area contributed by atoms with Gasteiger partial charge in [-0.25, -0.2) is 0 Å². The lowest BCUT2D eigenvalue weighted by molar-refractivity contribution is 0.0944. The number of carbonyl (C=O) groups is 2. The van der Waals surface area contributed by atoms with Crippen molar-refractivity contribution in [1.82, 2.24) is 15.8 Å². The number of phenolic OH excluding ortho intramolecular Hbond substituents is 1. The molecule has 0 spiro atoms. The lowest BCUT2D eigenvalue weighted by Crippen LogP contribution is -2.30. The van der Waals surface area contributed by atoms with E-state index in [1.165, 1.54) is 6.07 Å². The van der Waals surface area contributed by atoms with Gasteiger partial charge in [0, 0.05) is 24.7 Å². The number of rotatable bonds is 7. The summed E-state index contributed by atoms with van der Waals surface area (Å²) in [7, 11) is 0. The van der Waals surface area contributed by atoms with Crippen LogP contribution in [-0.2, 0) is 0 Å². The van der Waals surface area contributed by atoms with Crippen LogP contribution >= 0.6 is 0 Å². The zero-order valence-corrected chi connectivity index (χ0v) is 15.4. The van der Waals surface area contributed by atoms with E-state index in [2.05, 4.69) is 15.8 Å². The number of benzene rings is 2. The summed E-state index contributed by atoms with van der Waals surface area (Å²) in [5, 5.41) is 19.0. The fourth-order valence-corrected chi connectivity index (χ4v) is 2.63. The third-order valence-corrected chi connectivity index (χ3v) is 4.12. The van der Waals surface area contributed by atoms with Gasteiger partial charge in [-0.1, -0.05) is 47.1 Å². The smallest absolute Gasteiger partial charge is 0.273 e. The van der Waals surface area contributed by atoms with Crippen LogP contribution in [0.2, 0.25) is 0 Å². The molecular formula is C21H21N3O4. The maximum absolute atomic E-state index is 12.1. The van der Waals surface area contributed by atoms with E-state index in [1.54, 1.807) is 18.2 Å². The molecule has 0 atom stereocenters. The van der Waals surface area contributed by atoms with E-state index >= 15 is 0 Å². The molecule has 3 N–H and O–H groups in total. The molecule has 0 aliphatic heterocycles. The van der Waals surface area contributed by atoms with Crippen molar-refractivity contribution < 1.29 is 19.2 Å². The number of nitrogens with one attached hydrogen (secondary N) is 2. The highest BCUT2D eigenvalue weighted by atomic mass is 16.5. The van der Waals surface area contributed by atoms with E-state index in [-0.39, 0.29) is 28.8 Å². The Hall–Kier alpha value is -3.61. The van der Waals surface area contributed by atoms with Crippen molar-refractivity contribution in [3.05, 3.63) is 71.4 Å². The van der Waals surface area contributed by atoms with Gasteiger partial charge in [0.25, 0.3) is 11.8 Å². The summed E-state index contributed by atoms with van der Waals surface area (Å²) in [6, 6.07) is 15.8. The largest absolute Gasteiger partial charge is 0.507 e. The number of hydrogen-bond acceptors (Lipinski definition) is 5. The topological polar surface area (TPSA) is 104 Å². The van der Waals surface area contributed by atoms with Crippen LogP contribution in [0.5, 0.6) is 5.75 Å². The first kappa shape index (κ1) is 19.2. The molecule has 144 valence electrons. The lowest BCUT2D eigenvalue weighted by atomic mass is 10.1. The van der Waals surface area contributed by atoms with Crippen molar-refractivity contribution in [3.63, 3.8) is 0 Å². The molecule has 3 rings (SSSR count). The number of phenols is 1. The molecule has 0 saturated heterocycles. The molecule has 0 unspecified atom stereocenters. The van der Waals surface area contributed by atoms with Crippen LogP contribution < -0.4 is 10.6 Å². The number of nitrogens with zero attached hydrogens (tertiary/aromatic N) is 1. The highest BCUT2D eigenvalue weighted by Crippen LogP contribution is 2.19. The van der Waals surface area contributed by atoms with Crippen LogP contribution in [0.25, 0.3) is 11.3 Å². The Morgan fingerprint density at radius 2 is 1.71 bits per heavy atom. The van der Waals surface area contributed by atoms with Crippen molar-refractivity contribution in [2.24, 2.45) is 0 Å². The maximum atomic E-state index is 12.1. The standard InChI is InChI=1S/C21H21N3O4/c1-14-8-9-18(25)16(12-14)20(26)22-10-5-11-23-21(27)17-13-19(28-24-17)15-6-3-2-4-7-15/h2-4,6-9,12-13,25H,5,10-11H2,1H3,(H,22,26)(H,23,27). The minimum absolute atomic E-state index is 0.0587. The minimum atomic E-state index is -0.350. The van der Waals surface area contributed by atoms with Crippen LogP contribution in [0, 0.1) is 6.92 Å².